The minimum absolute atomic E-state index is 0.173. The van der Waals surface area contributed by atoms with Crippen LogP contribution in [0.15, 0.2) is 36.4 Å². The van der Waals surface area contributed by atoms with Crippen LogP contribution < -0.4 is 5.32 Å². The van der Waals surface area contributed by atoms with E-state index in [9.17, 15) is 18.0 Å². The molecule has 2 aromatic carbocycles. The molecule has 5 nitrogen and oxygen atoms in total. The maximum absolute atomic E-state index is 13.0. The molecule has 1 heterocycles. The molecule has 1 aliphatic carbocycles. The van der Waals surface area contributed by atoms with Crippen LogP contribution in [0.1, 0.15) is 67.1 Å². The first kappa shape index (κ1) is 23.1. The molecule has 1 N–H and O–H groups in total. The number of carbonyl (C=O) groups is 1. The summed E-state index contributed by atoms with van der Waals surface area (Å²) in [6.45, 7) is 6.36. The van der Waals surface area contributed by atoms with Crippen molar-refractivity contribution in [3.8, 4) is 0 Å². The zero-order valence-corrected chi connectivity index (χ0v) is 19.2. The molecule has 33 heavy (non-hydrogen) atoms. The molecule has 1 saturated carbocycles. The fraction of sp³-hybridized carbons (Fsp3) is 0.440. The number of alkyl halides is 3. The topological polar surface area (TPSA) is 56.1 Å². The summed E-state index contributed by atoms with van der Waals surface area (Å²) in [7, 11) is 1.34. The number of anilines is 2. The van der Waals surface area contributed by atoms with Crippen molar-refractivity contribution in [3.05, 3.63) is 53.1 Å². The molecule has 1 fully saturated rings. The quantitative estimate of drug-likeness (QED) is 0.425. The minimum atomic E-state index is -4.39. The molecule has 0 radical (unpaired) electrons. The van der Waals surface area contributed by atoms with E-state index in [0.29, 0.717) is 22.7 Å². The van der Waals surface area contributed by atoms with E-state index in [4.69, 9.17) is 9.72 Å². The molecule has 0 spiro atoms. The van der Waals surface area contributed by atoms with Crippen molar-refractivity contribution >= 4 is 28.6 Å². The lowest BCUT2D eigenvalue weighted by atomic mass is 9.75. The predicted molar refractivity (Wildman–Crippen MR) is 122 cm³/mol. The van der Waals surface area contributed by atoms with Gasteiger partial charge in [0.25, 0.3) is 0 Å². The predicted octanol–water partition coefficient (Wildman–Crippen LogP) is 7.04. The van der Waals surface area contributed by atoms with Gasteiger partial charge in [-0.3, -0.25) is 0 Å². The van der Waals surface area contributed by atoms with Crippen LogP contribution in [0.2, 0.25) is 0 Å². The fourth-order valence-corrected chi connectivity index (χ4v) is 4.78. The van der Waals surface area contributed by atoms with E-state index >= 15 is 0 Å². The zero-order valence-electron chi connectivity index (χ0n) is 19.2. The van der Waals surface area contributed by atoms with Crippen LogP contribution in [-0.4, -0.2) is 22.6 Å². The van der Waals surface area contributed by atoms with E-state index < -0.39 is 17.7 Å². The van der Waals surface area contributed by atoms with E-state index in [2.05, 4.69) is 23.7 Å². The molecule has 176 valence electrons. The normalized spacial score (nSPS) is 18.3. The largest absolute Gasteiger partial charge is 0.465 e. The highest BCUT2D eigenvalue weighted by atomic mass is 19.4. The Morgan fingerprint density at radius 2 is 1.91 bits per heavy atom. The third kappa shape index (κ3) is 4.70. The Balaban J connectivity index is 1.80. The van der Waals surface area contributed by atoms with Crippen LogP contribution in [0.5, 0.6) is 0 Å². The number of carbonyl (C=O) groups excluding carboxylic acids is 1. The Bertz CT molecular complexity index is 1180. The van der Waals surface area contributed by atoms with Gasteiger partial charge in [-0.1, -0.05) is 20.3 Å². The first-order chi connectivity index (χ1) is 15.5. The highest BCUT2D eigenvalue weighted by Crippen LogP contribution is 2.44. The molecule has 1 atom stereocenters. The summed E-state index contributed by atoms with van der Waals surface area (Å²) >= 11 is 0. The molecule has 4 rings (SSSR count). The molecule has 3 aromatic rings. The van der Waals surface area contributed by atoms with Crippen molar-refractivity contribution in [2.24, 2.45) is 5.41 Å². The van der Waals surface area contributed by atoms with Gasteiger partial charge in [-0.25, -0.2) is 9.78 Å². The third-order valence-corrected chi connectivity index (χ3v) is 6.45. The third-order valence-electron chi connectivity index (χ3n) is 6.45. The van der Waals surface area contributed by atoms with Crippen molar-refractivity contribution < 1.29 is 22.7 Å². The lowest BCUT2D eigenvalue weighted by Gasteiger charge is -2.36. The number of imidazole rings is 1. The maximum atomic E-state index is 13.0. The van der Waals surface area contributed by atoms with Gasteiger partial charge in [-0.15, -0.1) is 0 Å². The van der Waals surface area contributed by atoms with E-state index in [1.54, 1.807) is 6.07 Å². The second kappa shape index (κ2) is 8.39. The Morgan fingerprint density at radius 1 is 1.21 bits per heavy atom. The van der Waals surface area contributed by atoms with E-state index in [-0.39, 0.29) is 11.5 Å². The lowest BCUT2D eigenvalue weighted by molar-refractivity contribution is -0.137. The Kier molecular flexibility index (Phi) is 5.88. The van der Waals surface area contributed by atoms with Crippen molar-refractivity contribution in [2.45, 2.75) is 58.7 Å². The van der Waals surface area contributed by atoms with Crippen molar-refractivity contribution in [2.75, 3.05) is 12.4 Å². The average Bonchev–Trinajstić information content (AvgIpc) is 3.08. The van der Waals surface area contributed by atoms with Crippen molar-refractivity contribution in [1.82, 2.24) is 9.55 Å². The standard InChI is InChI=1S/C25H28F3N3O2/c1-15-12-21-20(13-19(15)22(32)33-4)30-23(31(21)18-6-5-11-24(2,3)14-18)29-17-9-7-16(8-10-17)25(26,27)28/h7-10,12-13,18H,5-6,11,14H2,1-4H3,(H,29,30). The van der Waals surface area contributed by atoms with Gasteiger partial charge in [-0.2, -0.15) is 13.2 Å². The van der Waals surface area contributed by atoms with Crippen LogP contribution in [0.25, 0.3) is 11.0 Å². The minimum Gasteiger partial charge on any atom is -0.465 e. The Morgan fingerprint density at radius 3 is 2.52 bits per heavy atom. The van der Waals surface area contributed by atoms with E-state index in [1.165, 1.54) is 19.2 Å². The Labute approximate surface area is 191 Å². The highest BCUT2D eigenvalue weighted by Gasteiger charge is 2.32. The van der Waals surface area contributed by atoms with Crippen LogP contribution in [0.3, 0.4) is 0 Å². The molecular formula is C25H28F3N3O2. The number of benzene rings is 2. The Hall–Kier alpha value is -3.03. The van der Waals surface area contributed by atoms with E-state index in [1.807, 2.05) is 13.0 Å². The number of halogens is 3. The summed E-state index contributed by atoms with van der Waals surface area (Å²) in [6.07, 6.45) is -0.229. The SMILES string of the molecule is COC(=O)c1cc2nc(Nc3ccc(C(F)(F)F)cc3)n(C3CCCC(C)(C)C3)c2cc1C. The summed E-state index contributed by atoms with van der Waals surface area (Å²) < 4.78 is 45.9. The fourth-order valence-electron chi connectivity index (χ4n) is 4.78. The average molecular weight is 460 g/mol. The molecular weight excluding hydrogens is 431 g/mol. The number of methoxy groups -OCH3 is 1. The summed E-state index contributed by atoms with van der Waals surface area (Å²) in [5.41, 5.74) is 2.74. The molecule has 8 heteroatoms. The summed E-state index contributed by atoms with van der Waals surface area (Å²) in [4.78, 5) is 16.9. The number of rotatable bonds is 4. The van der Waals surface area contributed by atoms with Gasteiger partial charge >= 0.3 is 12.1 Å². The van der Waals surface area contributed by atoms with Crippen LogP contribution in [0, 0.1) is 12.3 Å². The number of nitrogens with one attached hydrogen (secondary N) is 1. The molecule has 0 amide bonds. The van der Waals surface area contributed by atoms with Crippen molar-refractivity contribution in [3.63, 3.8) is 0 Å². The lowest BCUT2D eigenvalue weighted by Crippen LogP contribution is -2.25. The number of hydrogen-bond acceptors (Lipinski definition) is 4. The molecule has 1 aliphatic rings. The number of hydrogen-bond donors (Lipinski definition) is 1. The van der Waals surface area contributed by atoms with Gasteiger partial charge in [0.2, 0.25) is 5.95 Å². The van der Waals surface area contributed by atoms with Gasteiger partial charge in [0, 0.05) is 11.7 Å². The van der Waals surface area contributed by atoms with Crippen LogP contribution in [-0.2, 0) is 10.9 Å². The first-order valence-corrected chi connectivity index (χ1v) is 11.0. The number of aryl methyl sites for hydroxylation is 1. The first-order valence-electron chi connectivity index (χ1n) is 11.0. The number of ether oxygens (including phenoxy) is 1. The summed E-state index contributed by atoms with van der Waals surface area (Å²) in [5, 5.41) is 3.22. The summed E-state index contributed by atoms with van der Waals surface area (Å²) in [5.74, 6) is 0.119. The highest BCUT2D eigenvalue weighted by molar-refractivity contribution is 5.96. The summed E-state index contributed by atoms with van der Waals surface area (Å²) in [6, 6.07) is 8.76. The second-order valence-electron chi connectivity index (χ2n) is 9.57. The van der Waals surface area contributed by atoms with Gasteiger partial charge in [-0.05, 0) is 73.6 Å². The number of nitrogens with zero attached hydrogens (tertiary/aromatic N) is 2. The smallest absolute Gasteiger partial charge is 0.416 e. The number of fused-ring (bicyclic) bond motifs is 1. The molecule has 0 saturated heterocycles. The molecule has 1 unspecified atom stereocenters. The maximum Gasteiger partial charge on any atom is 0.416 e. The monoisotopic (exact) mass is 459 g/mol. The van der Waals surface area contributed by atoms with Gasteiger partial charge in [0.05, 0.1) is 29.3 Å². The second-order valence-corrected chi connectivity index (χ2v) is 9.57. The molecule has 0 aliphatic heterocycles. The van der Waals surface area contributed by atoms with Crippen LogP contribution in [0.4, 0.5) is 24.8 Å². The molecule has 1 aromatic heterocycles. The molecule has 0 bridgehead atoms. The van der Waals surface area contributed by atoms with Crippen LogP contribution >= 0.6 is 0 Å². The van der Waals surface area contributed by atoms with Gasteiger partial charge in [0.1, 0.15) is 0 Å². The number of aromatic nitrogens is 2. The number of esters is 1. The van der Waals surface area contributed by atoms with Gasteiger partial charge in [0.15, 0.2) is 0 Å². The van der Waals surface area contributed by atoms with E-state index in [0.717, 1.165) is 48.9 Å². The van der Waals surface area contributed by atoms with Crippen molar-refractivity contribution in [1.29, 1.82) is 0 Å². The zero-order chi connectivity index (χ0) is 24.0. The van der Waals surface area contributed by atoms with Gasteiger partial charge < -0.3 is 14.6 Å².